The van der Waals surface area contributed by atoms with Crippen molar-refractivity contribution in [1.29, 1.82) is 0 Å². The van der Waals surface area contributed by atoms with E-state index in [9.17, 15) is 8.42 Å². The summed E-state index contributed by atoms with van der Waals surface area (Å²) in [5.41, 5.74) is 2.19. The van der Waals surface area contributed by atoms with Gasteiger partial charge in [-0.15, -0.1) is 12.4 Å². The lowest BCUT2D eigenvalue weighted by molar-refractivity contribution is 0.185. The third kappa shape index (κ3) is 5.29. The normalized spacial score (nSPS) is 14.3. The van der Waals surface area contributed by atoms with Crippen molar-refractivity contribution in [2.45, 2.75) is 11.5 Å². The summed E-state index contributed by atoms with van der Waals surface area (Å²) in [7, 11) is -0.525. The van der Waals surface area contributed by atoms with E-state index in [-0.39, 0.29) is 17.3 Å². The molecule has 1 aliphatic rings. The maximum atomic E-state index is 12.9. The number of ether oxygens (including phenoxy) is 2. The van der Waals surface area contributed by atoms with Gasteiger partial charge in [-0.25, -0.2) is 8.42 Å². The van der Waals surface area contributed by atoms with Crippen molar-refractivity contribution in [3.63, 3.8) is 0 Å². The van der Waals surface area contributed by atoms with E-state index in [0.29, 0.717) is 18.0 Å². The van der Waals surface area contributed by atoms with Crippen LogP contribution < -0.4 is 19.7 Å². The van der Waals surface area contributed by atoms with E-state index in [4.69, 9.17) is 9.47 Å². The first-order valence-corrected chi connectivity index (χ1v) is 10.3. The van der Waals surface area contributed by atoms with Gasteiger partial charge in [-0.2, -0.15) is 0 Å². The Bertz CT molecular complexity index is 886. The predicted molar refractivity (Wildman–Crippen MR) is 113 cm³/mol. The summed E-state index contributed by atoms with van der Waals surface area (Å²) < 4.78 is 39.0. The molecular formula is C19H26ClN3O4S. The van der Waals surface area contributed by atoms with Crippen LogP contribution in [0.1, 0.15) is 5.56 Å². The van der Waals surface area contributed by atoms with Crippen LogP contribution in [0.25, 0.3) is 0 Å². The summed E-state index contributed by atoms with van der Waals surface area (Å²) in [5.74, 6) is 0.665. The number of nitrogens with zero attached hydrogens (tertiary/aromatic N) is 1. The minimum absolute atomic E-state index is 0. The number of nitrogens with one attached hydrogen (secondary N) is 2. The van der Waals surface area contributed by atoms with Gasteiger partial charge in [0.1, 0.15) is 5.75 Å². The Labute approximate surface area is 172 Å². The summed E-state index contributed by atoms with van der Waals surface area (Å²) in [6, 6.07) is 12.1. The molecule has 1 fully saturated rings. The van der Waals surface area contributed by atoms with Gasteiger partial charge in [0.25, 0.3) is 10.0 Å². The first kappa shape index (κ1) is 22.3. The molecule has 2 aromatic carbocycles. The van der Waals surface area contributed by atoms with Crippen LogP contribution >= 0.6 is 12.4 Å². The Hall–Kier alpha value is -2.00. The standard InChI is InChI=1S/C19H25N3O4S.ClH/c1-25-14-15-4-3-5-16(12-15)21-27(23,24)17-6-7-19(26-2)18(13-17)22-10-8-20-9-11-22;/h3-7,12-13,20-21H,8-11,14H2,1-2H3;1H. The number of hydrogen-bond acceptors (Lipinski definition) is 6. The molecule has 2 aromatic rings. The molecule has 28 heavy (non-hydrogen) atoms. The molecule has 0 atom stereocenters. The summed E-state index contributed by atoms with van der Waals surface area (Å²) in [6.07, 6.45) is 0. The van der Waals surface area contributed by atoms with Crippen LogP contribution in [0.5, 0.6) is 5.75 Å². The van der Waals surface area contributed by atoms with Gasteiger partial charge in [0, 0.05) is 39.0 Å². The average Bonchev–Trinajstić information content (AvgIpc) is 2.68. The van der Waals surface area contributed by atoms with Crippen LogP contribution in [0.2, 0.25) is 0 Å². The van der Waals surface area contributed by atoms with Gasteiger partial charge in [0.15, 0.2) is 0 Å². The largest absolute Gasteiger partial charge is 0.495 e. The zero-order valence-electron chi connectivity index (χ0n) is 16.0. The van der Waals surface area contributed by atoms with Crippen molar-refractivity contribution >= 4 is 33.8 Å². The highest BCUT2D eigenvalue weighted by Gasteiger charge is 2.21. The minimum Gasteiger partial charge on any atom is -0.495 e. The van der Waals surface area contributed by atoms with Gasteiger partial charge < -0.3 is 19.7 Å². The molecule has 1 saturated heterocycles. The fraction of sp³-hybridized carbons (Fsp3) is 0.368. The Kier molecular flexibility index (Phi) is 7.94. The van der Waals surface area contributed by atoms with E-state index in [1.54, 1.807) is 50.6 Å². The van der Waals surface area contributed by atoms with Crippen molar-refractivity contribution in [1.82, 2.24) is 5.32 Å². The highest BCUT2D eigenvalue weighted by atomic mass is 35.5. The molecule has 0 amide bonds. The second-order valence-corrected chi connectivity index (χ2v) is 7.99. The molecule has 1 aliphatic heterocycles. The van der Waals surface area contributed by atoms with Crippen molar-refractivity contribution in [2.24, 2.45) is 0 Å². The molecule has 154 valence electrons. The molecule has 0 unspecified atom stereocenters. The quantitative estimate of drug-likeness (QED) is 0.706. The first-order chi connectivity index (χ1) is 13.0. The van der Waals surface area contributed by atoms with Crippen molar-refractivity contribution in [2.75, 3.05) is 50.0 Å². The van der Waals surface area contributed by atoms with E-state index >= 15 is 0 Å². The average molecular weight is 428 g/mol. The first-order valence-electron chi connectivity index (χ1n) is 8.78. The Morgan fingerprint density at radius 3 is 2.54 bits per heavy atom. The Morgan fingerprint density at radius 1 is 1.11 bits per heavy atom. The van der Waals surface area contributed by atoms with E-state index in [1.165, 1.54) is 0 Å². The summed E-state index contributed by atoms with van der Waals surface area (Å²) in [4.78, 5) is 2.34. The molecule has 3 rings (SSSR count). The minimum atomic E-state index is -3.72. The van der Waals surface area contributed by atoms with Crippen LogP contribution in [0.15, 0.2) is 47.4 Å². The van der Waals surface area contributed by atoms with Gasteiger partial charge >= 0.3 is 0 Å². The SMILES string of the molecule is COCc1cccc(NS(=O)(=O)c2ccc(OC)c(N3CCNCC3)c2)c1.Cl. The molecule has 2 N–H and O–H groups in total. The number of hydrogen-bond donors (Lipinski definition) is 2. The lowest BCUT2D eigenvalue weighted by Gasteiger charge is -2.30. The summed E-state index contributed by atoms with van der Waals surface area (Å²) in [6.45, 7) is 3.72. The van der Waals surface area contributed by atoms with Crippen LogP contribution in [0.3, 0.4) is 0 Å². The fourth-order valence-electron chi connectivity index (χ4n) is 3.10. The van der Waals surface area contributed by atoms with Crippen molar-refractivity contribution in [3.8, 4) is 5.75 Å². The molecule has 0 aromatic heterocycles. The van der Waals surface area contributed by atoms with Gasteiger partial charge in [0.2, 0.25) is 0 Å². The summed E-state index contributed by atoms with van der Waals surface area (Å²) >= 11 is 0. The molecule has 0 saturated carbocycles. The van der Waals surface area contributed by atoms with E-state index in [0.717, 1.165) is 37.4 Å². The third-order valence-corrected chi connectivity index (χ3v) is 5.79. The maximum absolute atomic E-state index is 12.9. The Morgan fingerprint density at radius 2 is 1.86 bits per heavy atom. The number of anilines is 2. The van der Waals surface area contributed by atoms with Crippen LogP contribution in [-0.4, -0.2) is 48.8 Å². The summed E-state index contributed by atoms with van der Waals surface area (Å²) in [5, 5.41) is 3.29. The lowest BCUT2D eigenvalue weighted by Crippen LogP contribution is -2.43. The zero-order chi connectivity index (χ0) is 19.3. The molecule has 7 nitrogen and oxygen atoms in total. The van der Waals surface area contributed by atoms with Gasteiger partial charge in [-0.1, -0.05) is 12.1 Å². The lowest BCUT2D eigenvalue weighted by atomic mass is 10.2. The number of sulfonamides is 1. The van der Waals surface area contributed by atoms with Crippen LogP contribution in [0, 0.1) is 0 Å². The smallest absolute Gasteiger partial charge is 0.261 e. The number of methoxy groups -OCH3 is 2. The number of benzene rings is 2. The molecule has 0 radical (unpaired) electrons. The highest BCUT2D eigenvalue weighted by Crippen LogP contribution is 2.32. The van der Waals surface area contributed by atoms with Gasteiger partial charge in [-0.3, -0.25) is 4.72 Å². The van der Waals surface area contributed by atoms with Gasteiger partial charge in [-0.05, 0) is 35.9 Å². The van der Waals surface area contributed by atoms with Gasteiger partial charge in [0.05, 0.1) is 24.3 Å². The Balaban J connectivity index is 0.00000280. The van der Waals surface area contributed by atoms with Crippen LogP contribution in [-0.2, 0) is 21.4 Å². The molecule has 9 heteroatoms. The monoisotopic (exact) mass is 427 g/mol. The van der Waals surface area contributed by atoms with E-state index < -0.39 is 10.0 Å². The third-order valence-electron chi connectivity index (χ3n) is 4.41. The molecule has 1 heterocycles. The number of halogens is 1. The molecular weight excluding hydrogens is 402 g/mol. The molecule has 0 bridgehead atoms. The topological polar surface area (TPSA) is 79.9 Å². The number of piperazine rings is 1. The van der Waals surface area contributed by atoms with Crippen LogP contribution in [0.4, 0.5) is 11.4 Å². The van der Waals surface area contributed by atoms with E-state index in [2.05, 4.69) is 14.9 Å². The zero-order valence-corrected chi connectivity index (χ0v) is 17.6. The molecule has 0 spiro atoms. The van der Waals surface area contributed by atoms with Crippen molar-refractivity contribution in [3.05, 3.63) is 48.0 Å². The second-order valence-electron chi connectivity index (χ2n) is 6.31. The predicted octanol–water partition coefficient (Wildman–Crippen LogP) is 2.47. The van der Waals surface area contributed by atoms with E-state index in [1.807, 2.05) is 6.07 Å². The fourth-order valence-corrected chi connectivity index (χ4v) is 4.16. The maximum Gasteiger partial charge on any atom is 0.261 e. The molecule has 0 aliphatic carbocycles. The highest BCUT2D eigenvalue weighted by molar-refractivity contribution is 7.92. The van der Waals surface area contributed by atoms with Crippen molar-refractivity contribution < 1.29 is 17.9 Å². The number of rotatable bonds is 7. The second kappa shape index (κ2) is 9.97.